The number of nitrogens with zero attached hydrogens (tertiary/aromatic N) is 2. The minimum absolute atomic E-state index is 0.226. The molecule has 2 aromatic heterocycles. The van der Waals surface area contributed by atoms with E-state index in [1.54, 1.807) is 18.3 Å². The van der Waals surface area contributed by atoms with E-state index in [2.05, 4.69) is 15.5 Å². The van der Waals surface area contributed by atoms with Crippen LogP contribution in [0.5, 0.6) is 0 Å². The van der Waals surface area contributed by atoms with Crippen molar-refractivity contribution in [1.82, 2.24) is 10.1 Å². The van der Waals surface area contributed by atoms with Crippen LogP contribution in [-0.2, 0) is 6.18 Å². The van der Waals surface area contributed by atoms with Crippen LogP contribution in [0.4, 0.5) is 19.0 Å². The maximum atomic E-state index is 12.6. The Kier molecular flexibility index (Phi) is 3.48. The zero-order valence-electron chi connectivity index (χ0n) is 11.6. The van der Waals surface area contributed by atoms with Gasteiger partial charge in [0.05, 0.1) is 17.0 Å². The Morgan fingerprint density at radius 3 is 2.55 bits per heavy atom. The smallest absolute Gasteiger partial charge is 0.360 e. The highest BCUT2D eigenvalue weighted by Crippen LogP contribution is 2.31. The Bertz CT molecular complexity index is 781. The van der Waals surface area contributed by atoms with E-state index in [1.165, 1.54) is 12.1 Å². The van der Waals surface area contributed by atoms with Crippen molar-refractivity contribution >= 4 is 16.9 Å². The Balaban J connectivity index is 1.81. The Morgan fingerprint density at radius 1 is 1.14 bits per heavy atom. The molecule has 1 atom stereocenters. The van der Waals surface area contributed by atoms with Gasteiger partial charge in [-0.3, -0.25) is 0 Å². The summed E-state index contributed by atoms with van der Waals surface area (Å²) in [4.78, 5) is 4.03. The van der Waals surface area contributed by atoms with Gasteiger partial charge in [-0.2, -0.15) is 13.2 Å². The fourth-order valence-electron chi connectivity index (χ4n) is 2.14. The highest BCUT2D eigenvalue weighted by molar-refractivity contribution is 5.85. The van der Waals surface area contributed by atoms with Crippen molar-refractivity contribution in [2.75, 3.05) is 5.32 Å². The first kappa shape index (κ1) is 14.4. The number of hydrogen-bond donors (Lipinski definition) is 1. The predicted octanol–water partition coefficient (Wildman–Crippen LogP) is 4.41. The summed E-state index contributed by atoms with van der Waals surface area (Å²) >= 11 is 0. The largest absolute Gasteiger partial charge is 0.416 e. The third-order valence-corrected chi connectivity index (χ3v) is 3.34. The number of hydrogen-bond acceptors (Lipinski definition) is 4. The van der Waals surface area contributed by atoms with Crippen LogP contribution in [-0.4, -0.2) is 10.1 Å². The van der Waals surface area contributed by atoms with Gasteiger partial charge in [-0.25, -0.2) is 4.98 Å². The maximum Gasteiger partial charge on any atom is 0.416 e. The molecule has 0 amide bonds. The molecule has 7 heteroatoms. The number of alkyl halides is 3. The molecule has 2 heterocycles. The van der Waals surface area contributed by atoms with E-state index in [1.807, 2.05) is 6.92 Å². The molecule has 0 aliphatic carbocycles. The molecule has 1 N–H and O–H groups in total. The van der Waals surface area contributed by atoms with Crippen LogP contribution in [0.15, 0.2) is 47.1 Å². The molecule has 1 aromatic carbocycles. The van der Waals surface area contributed by atoms with E-state index in [9.17, 15) is 13.2 Å². The molecule has 4 nitrogen and oxygen atoms in total. The molecule has 0 saturated heterocycles. The van der Waals surface area contributed by atoms with Gasteiger partial charge in [-0.1, -0.05) is 17.3 Å². The molecule has 1 unspecified atom stereocenters. The summed E-state index contributed by atoms with van der Waals surface area (Å²) in [5, 5.41) is 7.73. The fourth-order valence-corrected chi connectivity index (χ4v) is 2.14. The SMILES string of the molecule is CC(Nc1noc2ncccc12)c1ccc(C(F)(F)F)cc1. The van der Waals surface area contributed by atoms with E-state index >= 15 is 0 Å². The Labute approximate surface area is 123 Å². The maximum absolute atomic E-state index is 12.6. The molecular formula is C15H12F3N3O. The van der Waals surface area contributed by atoms with Crippen LogP contribution in [0.3, 0.4) is 0 Å². The van der Waals surface area contributed by atoms with Gasteiger partial charge in [0.1, 0.15) is 0 Å². The molecule has 0 radical (unpaired) electrons. The molecule has 0 bridgehead atoms. The van der Waals surface area contributed by atoms with Crippen molar-refractivity contribution in [3.8, 4) is 0 Å². The summed E-state index contributed by atoms with van der Waals surface area (Å²) in [5.41, 5.74) is 0.456. The van der Waals surface area contributed by atoms with Gasteiger partial charge in [0, 0.05) is 6.20 Å². The average molecular weight is 307 g/mol. The molecular weight excluding hydrogens is 295 g/mol. The highest BCUT2D eigenvalue weighted by Gasteiger charge is 2.30. The summed E-state index contributed by atoms with van der Waals surface area (Å²) < 4.78 is 42.7. The van der Waals surface area contributed by atoms with Crippen molar-refractivity contribution < 1.29 is 17.7 Å². The van der Waals surface area contributed by atoms with Gasteiger partial charge in [0.25, 0.3) is 5.71 Å². The van der Waals surface area contributed by atoms with Crippen LogP contribution in [0.2, 0.25) is 0 Å². The second-order valence-electron chi connectivity index (χ2n) is 4.87. The van der Waals surface area contributed by atoms with E-state index in [0.29, 0.717) is 17.1 Å². The van der Waals surface area contributed by atoms with Crippen LogP contribution in [0, 0.1) is 0 Å². The molecule has 0 aliphatic heterocycles. The van der Waals surface area contributed by atoms with E-state index in [0.717, 1.165) is 17.5 Å². The monoisotopic (exact) mass is 307 g/mol. The normalized spacial score (nSPS) is 13.3. The Morgan fingerprint density at radius 2 is 1.86 bits per heavy atom. The molecule has 3 aromatic rings. The number of nitrogens with one attached hydrogen (secondary N) is 1. The first-order valence-electron chi connectivity index (χ1n) is 6.59. The van der Waals surface area contributed by atoms with E-state index < -0.39 is 11.7 Å². The summed E-state index contributed by atoms with van der Waals surface area (Å²) in [6.07, 6.45) is -2.74. The average Bonchev–Trinajstić information content (AvgIpc) is 2.90. The quantitative estimate of drug-likeness (QED) is 0.778. The zero-order chi connectivity index (χ0) is 15.7. The van der Waals surface area contributed by atoms with Crippen LogP contribution in [0.1, 0.15) is 24.1 Å². The molecule has 114 valence electrons. The number of aromatic nitrogens is 2. The van der Waals surface area contributed by atoms with Gasteiger partial charge in [0.15, 0.2) is 5.82 Å². The number of halogens is 3. The summed E-state index contributed by atoms with van der Waals surface area (Å²) in [7, 11) is 0. The number of fused-ring (bicyclic) bond motifs is 1. The fraction of sp³-hybridized carbons (Fsp3) is 0.200. The lowest BCUT2D eigenvalue weighted by molar-refractivity contribution is -0.137. The Hall–Kier alpha value is -2.57. The molecule has 22 heavy (non-hydrogen) atoms. The van der Waals surface area contributed by atoms with Crippen molar-refractivity contribution in [2.45, 2.75) is 19.1 Å². The van der Waals surface area contributed by atoms with Crippen molar-refractivity contribution in [3.05, 3.63) is 53.7 Å². The standard InChI is InChI=1S/C15H12F3N3O/c1-9(10-4-6-11(7-5-10)15(16,17)18)20-13-12-3-2-8-19-14(12)22-21-13/h2-9H,1H3,(H,20,21). The van der Waals surface area contributed by atoms with Gasteiger partial charge in [0.2, 0.25) is 0 Å². The minimum Gasteiger partial charge on any atom is -0.360 e. The van der Waals surface area contributed by atoms with Crippen LogP contribution in [0.25, 0.3) is 11.1 Å². The number of benzene rings is 1. The number of rotatable bonds is 3. The molecule has 3 rings (SSSR count). The van der Waals surface area contributed by atoms with Gasteiger partial charge in [-0.05, 0) is 36.8 Å². The predicted molar refractivity (Wildman–Crippen MR) is 75.3 cm³/mol. The number of anilines is 1. The van der Waals surface area contributed by atoms with Crippen LogP contribution >= 0.6 is 0 Å². The molecule has 0 spiro atoms. The number of pyridine rings is 1. The lowest BCUT2D eigenvalue weighted by Crippen LogP contribution is -2.09. The lowest BCUT2D eigenvalue weighted by Gasteiger charge is -2.14. The van der Waals surface area contributed by atoms with Gasteiger partial charge >= 0.3 is 6.18 Å². The van der Waals surface area contributed by atoms with Gasteiger partial charge < -0.3 is 9.84 Å². The minimum atomic E-state index is -4.33. The lowest BCUT2D eigenvalue weighted by atomic mass is 10.1. The van der Waals surface area contributed by atoms with E-state index in [-0.39, 0.29) is 6.04 Å². The summed E-state index contributed by atoms with van der Waals surface area (Å²) in [6, 6.07) is 8.36. The first-order valence-corrected chi connectivity index (χ1v) is 6.59. The zero-order valence-corrected chi connectivity index (χ0v) is 11.6. The molecule has 0 fully saturated rings. The third kappa shape index (κ3) is 2.74. The second-order valence-corrected chi connectivity index (χ2v) is 4.87. The summed E-state index contributed by atoms with van der Waals surface area (Å²) in [5.74, 6) is 0.510. The third-order valence-electron chi connectivity index (χ3n) is 3.34. The second kappa shape index (κ2) is 5.32. The molecule has 0 saturated carbocycles. The van der Waals surface area contributed by atoms with Crippen LogP contribution < -0.4 is 5.32 Å². The first-order chi connectivity index (χ1) is 10.4. The highest BCUT2D eigenvalue weighted by atomic mass is 19.4. The molecule has 0 aliphatic rings. The van der Waals surface area contributed by atoms with Crippen molar-refractivity contribution in [2.24, 2.45) is 0 Å². The van der Waals surface area contributed by atoms with Crippen molar-refractivity contribution in [3.63, 3.8) is 0 Å². The van der Waals surface area contributed by atoms with E-state index in [4.69, 9.17) is 4.52 Å². The summed E-state index contributed by atoms with van der Waals surface area (Å²) in [6.45, 7) is 1.83. The van der Waals surface area contributed by atoms with Gasteiger partial charge in [-0.15, -0.1) is 0 Å². The van der Waals surface area contributed by atoms with Crippen molar-refractivity contribution in [1.29, 1.82) is 0 Å². The topological polar surface area (TPSA) is 51.0 Å².